The first-order valence-corrected chi connectivity index (χ1v) is 12.3. The molecule has 1 atom stereocenters. The third kappa shape index (κ3) is 6.03. The number of rotatable bonds is 7. The summed E-state index contributed by atoms with van der Waals surface area (Å²) in [7, 11) is 0. The van der Waals surface area contributed by atoms with Gasteiger partial charge < -0.3 is 19.9 Å². The highest BCUT2D eigenvalue weighted by Crippen LogP contribution is 2.33. The number of phenols is 1. The number of hydrogen-bond donors (Lipinski definition) is 3. The Hall–Kier alpha value is -5.19. The molecule has 41 heavy (non-hydrogen) atoms. The van der Waals surface area contributed by atoms with Crippen molar-refractivity contribution < 1.29 is 37.4 Å². The molecule has 0 bridgehead atoms. The number of carbonyl (C=O) groups excluding carboxylic acids is 1. The van der Waals surface area contributed by atoms with Crippen LogP contribution in [-0.4, -0.2) is 32.1 Å². The number of pyridine rings is 1. The van der Waals surface area contributed by atoms with Gasteiger partial charge in [0, 0.05) is 11.8 Å². The quantitative estimate of drug-likeness (QED) is 0.212. The van der Waals surface area contributed by atoms with Gasteiger partial charge >= 0.3 is 12.1 Å². The van der Waals surface area contributed by atoms with Crippen LogP contribution in [0.3, 0.4) is 0 Å². The molecule has 1 unspecified atom stereocenters. The number of nitrogens with zero attached hydrogens (tertiary/aromatic N) is 2. The zero-order chi connectivity index (χ0) is 29.3. The Morgan fingerprint density at radius 3 is 2.39 bits per heavy atom. The molecule has 208 valence electrons. The number of hydrogen-bond acceptors (Lipinski definition) is 6. The molecule has 2 heterocycles. The summed E-state index contributed by atoms with van der Waals surface area (Å²) in [5.41, 5.74) is 0.298. The summed E-state index contributed by atoms with van der Waals surface area (Å²) in [4.78, 5) is 34.1. The van der Waals surface area contributed by atoms with Crippen LogP contribution in [0.4, 0.5) is 13.2 Å². The summed E-state index contributed by atoms with van der Waals surface area (Å²) < 4.78 is 45.3. The standard InChI is InChI=1S/C30H22F3N3O5/c1-16-15-34-28(41-16)26(11-17-5-8-21(37)9-6-17)36-27(38)25-14-23(29(39)40)22-13-19(7-10-24(22)35-25)18-3-2-4-20(12-18)30(31,32)33/h2-10,12-15,26,37H,11H2,1H3,(H,36,38)(H,39,40). The lowest BCUT2D eigenvalue weighted by Crippen LogP contribution is -2.31. The minimum Gasteiger partial charge on any atom is -0.508 e. The Morgan fingerprint density at radius 1 is 1.00 bits per heavy atom. The zero-order valence-corrected chi connectivity index (χ0v) is 21.4. The summed E-state index contributed by atoms with van der Waals surface area (Å²) >= 11 is 0. The Balaban J connectivity index is 1.49. The molecular formula is C30H22F3N3O5. The molecule has 0 aliphatic rings. The molecule has 0 spiro atoms. The van der Waals surface area contributed by atoms with Gasteiger partial charge in [-0.2, -0.15) is 13.2 Å². The second kappa shape index (κ2) is 10.8. The summed E-state index contributed by atoms with van der Waals surface area (Å²) in [6.07, 6.45) is -2.78. The number of nitrogens with one attached hydrogen (secondary N) is 1. The summed E-state index contributed by atoms with van der Waals surface area (Å²) in [6, 6.07) is 15.9. The first-order valence-electron chi connectivity index (χ1n) is 12.3. The van der Waals surface area contributed by atoms with E-state index in [-0.39, 0.29) is 45.8 Å². The molecule has 3 aromatic carbocycles. The number of oxazole rings is 1. The summed E-state index contributed by atoms with van der Waals surface area (Å²) in [5.74, 6) is -1.18. The van der Waals surface area contributed by atoms with Gasteiger partial charge in [0.1, 0.15) is 23.2 Å². The predicted molar refractivity (Wildman–Crippen MR) is 142 cm³/mol. The average molecular weight is 562 g/mol. The van der Waals surface area contributed by atoms with E-state index in [1.165, 1.54) is 48.7 Å². The van der Waals surface area contributed by atoms with E-state index < -0.39 is 29.7 Å². The van der Waals surface area contributed by atoms with Gasteiger partial charge in [-0.1, -0.05) is 30.3 Å². The van der Waals surface area contributed by atoms with Crippen molar-refractivity contribution in [1.29, 1.82) is 0 Å². The number of aromatic hydroxyl groups is 1. The lowest BCUT2D eigenvalue weighted by Gasteiger charge is -2.16. The van der Waals surface area contributed by atoms with Crippen LogP contribution < -0.4 is 5.32 Å². The van der Waals surface area contributed by atoms with Crippen molar-refractivity contribution in [2.45, 2.75) is 25.6 Å². The van der Waals surface area contributed by atoms with Crippen LogP contribution in [0.2, 0.25) is 0 Å². The van der Waals surface area contributed by atoms with Gasteiger partial charge in [0.25, 0.3) is 5.91 Å². The van der Waals surface area contributed by atoms with Crippen molar-refractivity contribution in [3.05, 3.63) is 113 Å². The number of carbonyl (C=O) groups is 2. The normalized spacial score (nSPS) is 12.3. The largest absolute Gasteiger partial charge is 0.508 e. The monoisotopic (exact) mass is 561 g/mol. The Morgan fingerprint density at radius 2 is 1.73 bits per heavy atom. The van der Waals surface area contributed by atoms with Gasteiger partial charge in [0.2, 0.25) is 5.89 Å². The fourth-order valence-electron chi connectivity index (χ4n) is 4.41. The number of aryl methyl sites for hydroxylation is 1. The van der Waals surface area contributed by atoms with E-state index >= 15 is 0 Å². The molecule has 0 saturated heterocycles. The highest BCUT2D eigenvalue weighted by atomic mass is 19.4. The number of fused-ring (bicyclic) bond motifs is 1. The minimum absolute atomic E-state index is 0.0825. The van der Waals surface area contributed by atoms with Crippen molar-refractivity contribution in [3.63, 3.8) is 0 Å². The first-order chi connectivity index (χ1) is 19.5. The van der Waals surface area contributed by atoms with Crippen LogP contribution in [0.25, 0.3) is 22.0 Å². The number of halogens is 3. The fraction of sp³-hybridized carbons (Fsp3) is 0.133. The molecule has 0 fully saturated rings. The Bertz CT molecular complexity index is 1760. The van der Waals surface area contributed by atoms with Crippen LogP contribution >= 0.6 is 0 Å². The maximum atomic E-state index is 13.3. The lowest BCUT2D eigenvalue weighted by atomic mass is 9.98. The summed E-state index contributed by atoms with van der Waals surface area (Å²) in [6.45, 7) is 1.70. The zero-order valence-electron chi connectivity index (χ0n) is 21.4. The number of aromatic nitrogens is 2. The van der Waals surface area contributed by atoms with E-state index in [0.29, 0.717) is 11.3 Å². The van der Waals surface area contributed by atoms with E-state index in [0.717, 1.165) is 23.8 Å². The van der Waals surface area contributed by atoms with Crippen molar-refractivity contribution >= 4 is 22.8 Å². The van der Waals surface area contributed by atoms with Crippen LogP contribution in [0, 0.1) is 6.92 Å². The molecule has 1 amide bonds. The third-order valence-electron chi connectivity index (χ3n) is 6.41. The van der Waals surface area contributed by atoms with Crippen molar-refractivity contribution in [3.8, 4) is 16.9 Å². The third-order valence-corrected chi connectivity index (χ3v) is 6.41. The number of carboxylic acid groups (broad SMARTS) is 1. The molecule has 0 saturated carbocycles. The van der Waals surface area contributed by atoms with E-state index in [4.69, 9.17) is 4.42 Å². The number of amides is 1. The van der Waals surface area contributed by atoms with Gasteiger partial charge in [0.15, 0.2) is 0 Å². The molecule has 5 aromatic rings. The lowest BCUT2D eigenvalue weighted by molar-refractivity contribution is -0.137. The SMILES string of the molecule is Cc1cnc(C(Cc2ccc(O)cc2)NC(=O)c2cc(C(=O)O)c3cc(-c4cccc(C(F)(F)F)c4)ccc3n2)o1. The van der Waals surface area contributed by atoms with Crippen LogP contribution in [0.15, 0.2) is 83.4 Å². The van der Waals surface area contributed by atoms with E-state index in [1.54, 1.807) is 19.1 Å². The van der Waals surface area contributed by atoms with E-state index in [2.05, 4.69) is 15.3 Å². The number of benzene rings is 3. The molecule has 3 N–H and O–H groups in total. The molecule has 0 aliphatic carbocycles. The molecule has 0 radical (unpaired) electrons. The van der Waals surface area contributed by atoms with Crippen LogP contribution in [0.5, 0.6) is 5.75 Å². The highest BCUT2D eigenvalue weighted by molar-refractivity contribution is 6.06. The molecule has 2 aromatic heterocycles. The molecule has 0 aliphatic heterocycles. The predicted octanol–water partition coefficient (Wildman–Crippen LogP) is 6.33. The van der Waals surface area contributed by atoms with Gasteiger partial charge in [-0.3, -0.25) is 4.79 Å². The maximum Gasteiger partial charge on any atom is 0.416 e. The van der Waals surface area contributed by atoms with Gasteiger partial charge in [0.05, 0.1) is 22.8 Å². The maximum absolute atomic E-state index is 13.3. The van der Waals surface area contributed by atoms with Crippen molar-refractivity contribution in [1.82, 2.24) is 15.3 Å². The first kappa shape index (κ1) is 27.4. The summed E-state index contributed by atoms with van der Waals surface area (Å²) in [5, 5.41) is 22.5. The second-order valence-electron chi connectivity index (χ2n) is 9.38. The Kier molecular flexibility index (Phi) is 7.19. The molecule has 8 nitrogen and oxygen atoms in total. The van der Waals surface area contributed by atoms with E-state index in [1.807, 2.05) is 0 Å². The fourth-order valence-corrected chi connectivity index (χ4v) is 4.41. The highest BCUT2D eigenvalue weighted by Gasteiger charge is 2.30. The molecule has 5 rings (SSSR count). The number of phenolic OH excluding ortho intramolecular Hbond substituents is 1. The molecular weight excluding hydrogens is 539 g/mol. The van der Waals surface area contributed by atoms with Crippen LogP contribution in [0.1, 0.15) is 49.7 Å². The van der Waals surface area contributed by atoms with Gasteiger partial charge in [-0.15, -0.1) is 0 Å². The van der Waals surface area contributed by atoms with Gasteiger partial charge in [-0.05, 0) is 66.1 Å². The average Bonchev–Trinajstić information content (AvgIpc) is 3.38. The number of aromatic carboxylic acids is 1. The van der Waals surface area contributed by atoms with Crippen molar-refractivity contribution in [2.24, 2.45) is 0 Å². The smallest absolute Gasteiger partial charge is 0.416 e. The van der Waals surface area contributed by atoms with Crippen molar-refractivity contribution in [2.75, 3.05) is 0 Å². The topological polar surface area (TPSA) is 126 Å². The van der Waals surface area contributed by atoms with E-state index in [9.17, 15) is 33.0 Å². The number of alkyl halides is 3. The number of carboxylic acids is 1. The second-order valence-corrected chi connectivity index (χ2v) is 9.38. The molecule has 11 heteroatoms. The van der Waals surface area contributed by atoms with Gasteiger partial charge in [-0.25, -0.2) is 14.8 Å². The van der Waals surface area contributed by atoms with Crippen LogP contribution in [-0.2, 0) is 12.6 Å². The minimum atomic E-state index is -4.53. The Labute approximate surface area is 231 Å².